The number of nitro benzene ring substituents is 1. The maximum absolute atomic E-state index is 13.4. The molecule has 0 radical (unpaired) electrons. The van der Waals surface area contributed by atoms with Gasteiger partial charge >= 0.3 is 0 Å². The first-order valence-electron chi connectivity index (χ1n) is 5.15. The zero-order chi connectivity index (χ0) is 13.2. The van der Waals surface area contributed by atoms with Crippen molar-refractivity contribution in [2.45, 2.75) is 31.0 Å². The van der Waals surface area contributed by atoms with Crippen molar-refractivity contribution < 1.29 is 9.31 Å². The first-order chi connectivity index (χ1) is 7.88. The lowest BCUT2D eigenvalue weighted by molar-refractivity contribution is -0.385. The van der Waals surface area contributed by atoms with Crippen molar-refractivity contribution in [3.63, 3.8) is 0 Å². The van der Waals surface area contributed by atoms with E-state index in [2.05, 4.69) is 15.9 Å². The number of nitro groups is 1. The van der Waals surface area contributed by atoms with Crippen LogP contribution in [0.2, 0.25) is 5.02 Å². The lowest BCUT2D eigenvalue weighted by atomic mass is 9.92. The zero-order valence-corrected chi connectivity index (χ0v) is 11.8. The van der Waals surface area contributed by atoms with E-state index in [0.717, 1.165) is 12.1 Å². The van der Waals surface area contributed by atoms with E-state index in [-0.39, 0.29) is 21.5 Å². The maximum Gasteiger partial charge on any atom is 0.274 e. The Balaban J connectivity index is 3.39. The molecule has 0 saturated carbocycles. The molecule has 0 fully saturated rings. The molecule has 0 aliphatic rings. The Morgan fingerprint density at radius 3 is 2.59 bits per heavy atom. The van der Waals surface area contributed by atoms with Crippen LogP contribution >= 0.6 is 27.5 Å². The van der Waals surface area contributed by atoms with E-state index in [1.807, 2.05) is 13.8 Å². The molecule has 1 aromatic carbocycles. The van der Waals surface area contributed by atoms with Gasteiger partial charge in [0.1, 0.15) is 5.82 Å². The van der Waals surface area contributed by atoms with Crippen molar-refractivity contribution in [2.75, 3.05) is 0 Å². The highest BCUT2D eigenvalue weighted by molar-refractivity contribution is 9.09. The molecule has 0 spiro atoms. The molecule has 1 rings (SSSR count). The number of alkyl halides is 1. The van der Waals surface area contributed by atoms with Gasteiger partial charge in [-0.1, -0.05) is 41.4 Å². The third kappa shape index (κ3) is 3.16. The molecule has 6 heteroatoms. The van der Waals surface area contributed by atoms with Crippen LogP contribution in [0.5, 0.6) is 0 Å². The molecule has 0 heterocycles. The molecule has 0 aliphatic heterocycles. The van der Waals surface area contributed by atoms with E-state index in [1.165, 1.54) is 0 Å². The van der Waals surface area contributed by atoms with Gasteiger partial charge in [-0.05, 0) is 12.5 Å². The largest absolute Gasteiger partial charge is 0.274 e. The van der Waals surface area contributed by atoms with Crippen molar-refractivity contribution in [1.82, 2.24) is 0 Å². The number of hydrogen-bond donors (Lipinski definition) is 0. The van der Waals surface area contributed by atoms with Crippen LogP contribution in [0.1, 0.15) is 31.7 Å². The van der Waals surface area contributed by atoms with Gasteiger partial charge in [0, 0.05) is 22.4 Å². The fourth-order valence-corrected chi connectivity index (χ4v) is 2.62. The second-order valence-corrected chi connectivity index (χ2v) is 5.63. The molecule has 17 heavy (non-hydrogen) atoms. The Morgan fingerprint density at radius 1 is 1.59 bits per heavy atom. The lowest BCUT2D eigenvalue weighted by Crippen LogP contribution is -2.11. The third-order valence-corrected chi connectivity index (χ3v) is 3.59. The monoisotopic (exact) mass is 323 g/mol. The molecule has 2 atom stereocenters. The van der Waals surface area contributed by atoms with Gasteiger partial charge in [0.25, 0.3) is 5.69 Å². The number of nitrogens with zero attached hydrogens (tertiary/aromatic N) is 1. The predicted octanol–water partition coefficient (Wildman–Crippen LogP) is 4.66. The molecule has 0 amide bonds. The van der Waals surface area contributed by atoms with Gasteiger partial charge in [-0.3, -0.25) is 10.1 Å². The number of halogens is 3. The average Bonchev–Trinajstić information content (AvgIpc) is 2.22. The van der Waals surface area contributed by atoms with Crippen LogP contribution in [0.3, 0.4) is 0 Å². The molecule has 0 aromatic heterocycles. The summed E-state index contributed by atoms with van der Waals surface area (Å²) in [6.07, 6.45) is 0.675. The number of hydrogen-bond acceptors (Lipinski definition) is 2. The summed E-state index contributed by atoms with van der Waals surface area (Å²) in [4.78, 5) is 10.4. The highest BCUT2D eigenvalue weighted by Crippen LogP contribution is 2.36. The van der Waals surface area contributed by atoms with Crippen molar-refractivity contribution in [2.24, 2.45) is 0 Å². The van der Waals surface area contributed by atoms with Crippen LogP contribution in [0.25, 0.3) is 0 Å². The molecule has 0 aliphatic carbocycles. The summed E-state index contributed by atoms with van der Waals surface area (Å²) in [6, 6.07) is 2.23. The van der Waals surface area contributed by atoms with Crippen molar-refractivity contribution >= 4 is 33.2 Å². The molecule has 3 nitrogen and oxygen atoms in total. The van der Waals surface area contributed by atoms with Gasteiger partial charge in [0.2, 0.25) is 0 Å². The normalized spacial score (nSPS) is 14.4. The van der Waals surface area contributed by atoms with E-state index in [9.17, 15) is 14.5 Å². The Bertz CT molecular complexity index is 440. The van der Waals surface area contributed by atoms with Crippen LogP contribution in [-0.2, 0) is 0 Å². The summed E-state index contributed by atoms with van der Waals surface area (Å²) in [5, 5.41) is 10.7. The van der Waals surface area contributed by atoms with Gasteiger partial charge in [0.15, 0.2) is 0 Å². The summed E-state index contributed by atoms with van der Waals surface area (Å²) in [5.74, 6) is -0.749. The second kappa shape index (κ2) is 5.78. The topological polar surface area (TPSA) is 43.1 Å². The van der Waals surface area contributed by atoms with Crippen molar-refractivity contribution in [3.05, 3.63) is 38.7 Å². The van der Waals surface area contributed by atoms with Gasteiger partial charge in [-0.25, -0.2) is 4.39 Å². The second-order valence-electron chi connectivity index (χ2n) is 3.77. The van der Waals surface area contributed by atoms with Gasteiger partial charge in [0.05, 0.1) is 9.95 Å². The predicted molar refractivity (Wildman–Crippen MR) is 69.5 cm³/mol. The van der Waals surface area contributed by atoms with Gasteiger partial charge in [-0.2, -0.15) is 0 Å². The van der Waals surface area contributed by atoms with Crippen LogP contribution in [0.15, 0.2) is 12.1 Å². The lowest BCUT2D eigenvalue weighted by Gasteiger charge is -2.18. The Kier molecular flexibility index (Phi) is 4.89. The maximum atomic E-state index is 13.4. The Hall–Kier alpha value is -0.680. The van der Waals surface area contributed by atoms with E-state index < -0.39 is 10.7 Å². The highest BCUT2D eigenvalue weighted by atomic mass is 79.9. The summed E-state index contributed by atoms with van der Waals surface area (Å²) < 4.78 is 13.4. The van der Waals surface area contributed by atoms with Gasteiger partial charge < -0.3 is 0 Å². The quantitative estimate of drug-likeness (QED) is 0.459. The van der Waals surface area contributed by atoms with E-state index >= 15 is 0 Å². The summed E-state index contributed by atoms with van der Waals surface area (Å²) in [7, 11) is 0. The Labute approximate surface area is 112 Å². The number of rotatable bonds is 4. The summed E-state index contributed by atoms with van der Waals surface area (Å²) in [5.41, 5.74) is 0.248. The summed E-state index contributed by atoms with van der Waals surface area (Å²) in [6.45, 7) is 3.78. The smallest absolute Gasteiger partial charge is 0.258 e. The number of benzene rings is 1. The van der Waals surface area contributed by atoms with E-state index in [1.54, 1.807) is 0 Å². The first kappa shape index (κ1) is 14.4. The Morgan fingerprint density at radius 2 is 2.18 bits per heavy atom. The van der Waals surface area contributed by atoms with Crippen LogP contribution in [0.4, 0.5) is 10.1 Å². The molecule has 0 saturated heterocycles. The molecular weight excluding hydrogens is 312 g/mol. The average molecular weight is 325 g/mol. The molecule has 0 bridgehead atoms. The fraction of sp³-hybridized carbons (Fsp3) is 0.455. The molecule has 1 aromatic rings. The fourth-order valence-electron chi connectivity index (χ4n) is 1.80. The third-order valence-electron chi connectivity index (χ3n) is 2.66. The van der Waals surface area contributed by atoms with Gasteiger partial charge in [-0.15, -0.1) is 0 Å². The van der Waals surface area contributed by atoms with Crippen LogP contribution in [-0.4, -0.2) is 9.75 Å². The van der Waals surface area contributed by atoms with Crippen molar-refractivity contribution in [3.8, 4) is 0 Å². The molecule has 2 unspecified atom stereocenters. The van der Waals surface area contributed by atoms with Crippen LogP contribution < -0.4 is 0 Å². The molecule has 0 N–H and O–H groups in total. The first-order valence-corrected chi connectivity index (χ1v) is 6.45. The van der Waals surface area contributed by atoms with E-state index in [4.69, 9.17) is 11.6 Å². The summed E-state index contributed by atoms with van der Waals surface area (Å²) >= 11 is 8.95. The molecule has 94 valence electrons. The highest BCUT2D eigenvalue weighted by Gasteiger charge is 2.26. The van der Waals surface area contributed by atoms with Crippen LogP contribution in [0, 0.1) is 15.9 Å². The minimum absolute atomic E-state index is 0.0202. The minimum Gasteiger partial charge on any atom is -0.258 e. The standard InChI is InChI=1S/C11H12BrClFNO2/c1-3-7(6(2)12)8-4-10(14)9(13)5-11(8)15(16)17/h4-7H,3H2,1-2H3. The van der Waals surface area contributed by atoms with Crippen molar-refractivity contribution in [1.29, 1.82) is 0 Å². The SMILES string of the molecule is CCC(c1cc(F)c(Cl)cc1[N+](=O)[O-])C(C)Br. The zero-order valence-electron chi connectivity index (χ0n) is 9.41. The molecular formula is C11H12BrClFNO2. The van der Waals surface area contributed by atoms with E-state index in [0.29, 0.717) is 12.0 Å². The minimum atomic E-state index is -0.626.